The van der Waals surface area contributed by atoms with Gasteiger partial charge in [-0.05, 0) is 36.6 Å². The fourth-order valence-corrected chi connectivity index (χ4v) is 4.55. The smallest absolute Gasteiger partial charge is 0.261 e. The van der Waals surface area contributed by atoms with Gasteiger partial charge >= 0.3 is 0 Å². The predicted octanol–water partition coefficient (Wildman–Crippen LogP) is 4.82. The van der Waals surface area contributed by atoms with Crippen LogP contribution in [0.4, 0.5) is 11.5 Å². The number of ketones is 1. The molecule has 2 aromatic carbocycles. The average Bonchev–Trinajstić information content (AvgIpc) is 3.22. The number of nitrogens with zero attached hydrogens (tertiary/aromatic N) is 2. The first-order chi connectivity index (χ1) is 15.6. The summed E-state index contributed by atoms with van der Waals surface area (Å²) in [6.07, 6.45) is 3.50. The molecule has 0 spiro atoms. The second-order valence-electron chi connectivity index (χ2n) is 7.76. The molecular formula is C24H21ClN4O3. The second-order valence-corrected chi connectivity index (χ2v) is 8.16. The van der Waals surface area contributed by atoms with Crippen LogP contribution in [0.2, 0.25) is 5.02 Å². The van der Waals surface area contributed by atoms with Gasteiger partial charge in [0.2, 0.25) is 0 Å². The van der Waals surface area contributed by atoms with Gasteiger partial charge in [0.05, 0.1) is 13.3 Å². The van der Waals surface area contributed by atoms with Gasteiger partial charge in [0.25, 0.3) is 5.91 Å². The highest BCUT2D eigenvalue weighted by molar-refractivity contribution is 6.31. The molecule has 1 aliphatic heterocycles. The third-order valence-electron chi connectivity index (χ3n) is 5.81. The number of hydrogen-bond acceptors (Lipinski definition) is 5. The number of benzene rings is 2. The van der Waals surface area contributed by atoms with E-state index >= 15 is 0 Å². The van der Waals surface area contributed by atoms with Crippen molar-refractivity contribution in [1.82, 2.24) is 9.78 Å². The van der Waals surface area contributed by atoms with Crippen LogP contribution in [0.3, 0.4) is 0 Å². The molecule has 0 radical (unpaired) electrons. The summed E-state index contributed by atoms with van der Waals surface area (Å²) in [6.45, 7) is 0. The molecule has 0 saturated heterocycles. The van der Waals surface area contributed by atoms with Gasteiger partial charge in [-0.2, -0.15) is 5.10 Å². The minimum absolute atomic E-state index is 0.0761. The Morgan fingerprint density at radius 1 is 1.22 bits per heavy atom. The van der Waals surface area contributed by atoms with Gasteiger partial charge < -0.3 is 15.4 Å². The average molecular weight is 449 g/mol. The second kappa shape index (κ2) is 8.16. The first kappa shape index (κ1) is 20.3. The predicted molar refractivity (Wildman–Crippen MR) is 122 cm³/mol. The molecule has 8 heteroatoms. The number of aromatic nitrogens is 2. The summed E-state index contributed by atoms with van der Waals surface area (Å²) in [5.41, 5.74) is 3.27. The summed E-state index contributed by atoms with van der Waals surface area (Å²) in [4.78, 5) is 26.0. The molecule has 1 amide bonds. The molecule has 1 aliphatic carbocycles. The lowest BCUT2D eigenvalue weighted by molar-refractivity contribution is -0.116. The van der Waals surface area contributed by atoms with Crippen LogP contribution < -0.4 is 15.4 Å². The van der Waals surface area contributed by atoms with Crippen molar-refractivity contribution in [3.05, 3.63) is 82.1 Å². The lowest BCUT2D eigenvalue weighted by Gasteiger charge is -2.33. The van der Waals surface area contributed by atoms with Gasteiger partial charge in [-0.3, -0.25) is 9.59 Å². The molecule has 2 aliphatic rings. The molecule has 2 heterocycles. The van der Waals surface area contributed by atoms with Crippen molar-refractivity contribution in [1.29, 1.82) is 0 Å². The first-order valence-electron chi connectivity index (χ1n) is 10.4. The number of halogens is 1. The Bertz CT molecular complexity index is 1260. The summed E-state index contributed by atoms with van der Waals surface area (Å²) >= 11 is 6.52. The monoisotopic (exact) mass is 448 g/mol. The topological polar surface area (TPSA) is 85.2 Å². The third kappa shape index (κ3) is 3.44. The van der Waals surface area contributed by atoms with E-state index in [0.717, 1.165) is 24.1 Å². The third-order valence-corrected chi connectivity index (χ3v) is 6.16. The molecule has 162 valence electrons. The van der Waals surface area contributed by atoms with E-state index in [4.69, 9.17) is 16.3 Å². The van der Waals surface area contributed by atoms with Gasteiger partial charge in [0.15, 0.2) is 5.78 Å². The van der Waals surface area contributed by atoms with Crippen molar-refractivity contribution >= 4 is 34.8 Å². The first-order valence-corrected chi connectivity index (χ1v) is 10.7. The molecule has 2 N–H and O–H groups in total. The number of carbonyl (C=O) groups excluding carboxylic acids is 2. The maximum atomic E-state index is 13.1. The van der Waals surface area contributed by atoms with E-state index in [1.54, 1.807) is 42.1 Å². The Balaban J connectivity index is 1.57. The lowest BCUT2D eigenvalue weighted by Crippen LogP contribution is -2.32. The molecule has 0 saturated carbocycles. The minimum Gasteiger partial charge on any atom is -0.497 e. The summed E-state index contributed by atoms with van der Waals surface area (Å²) in [6, 6.07) is 14.1. The van der Waals surface area contributed by atoms with Gasteiger partial charge in [0, 0.05) is 34.5 Å². The number of rotatable bonds is 4. The Morgan fingerprint density at radius 2 is 2.06 bits per heavy atom. The molecule has 1 aromatic heterocycles. The van der Waals surface area contributed by atoms with Crippen LogP contribution in [-0.4, -0.2) is 28.6 Å². The van der Waals surface area contributed by atoms with Crippen LogP contribution in [0.1, 0.15) is 41.2 Å². The summed E-state index contributed by atoms with van der Waals surface area (Å²) in [5.74, 6) is 0.958. The highest BCUT2D eigenvalue weighted by Crippen LogP contribution is 2.43. The van der Waals surface area contributed by atoms with Gasteiger partial charge in [-0.25, -0.2) is 4.68 Å². The minimum atomic E-state index is -0.485. The summed E-state index contributed by atoms with van der Waals surface area (Å²) < 4.78 is 6.91. The van der Waals surface area contributed by atoms with Gasteiger partial charge in [-0.1, -0.05) is 35.9 Å². The molecule has 0 bridgehead atoms. The molecule has 7 nitrogen and oxygen atoms in total. The Labute approximate surface area is 190 Å². The fraction of sp³-hybridized carbons (Fsp3) is 0.208. The van der Waals surface area contributed by atoms with Crippen molar-refractivity contribution in [2.24, 2.45) is 0 Å². The van der Waals surface area contributed by atoms with E-state index in [-0.39, 0.29) is 11.7 Å². The van der Waals surface area contributed by atoms with E-state index in [9.17, 15) is 9.59 Å². The maximum Gasteiger partial charge on any atom is 0.261 e. The van der Waals surface area contributed by atoms with Crippen LogP contribution in [0.5, 0.6) is 5.75 Å². The van der Waals surface area contributed by atoms with E-state index in [0.29, 0.717) is 39.8 Å². The number of hydrogen-bond donors (Lipinski definition) is 2. The summed E-state index contributed by atoms with van der Waals surface area (Å²) in [7, 11) is 1.57. The number of methoxy groups -OCH3 is 1. The van der Waals surface area contributed by atoms with Crippen LogP contribution in [0.15, 0.2) is 66.0 Å². The molecule has 0 unspecified atom stereocenters. The zero-order chi connectivity index (χ0) is 22.2. The highest BCUT2D eigenvalue weighted by atomic mass is 35.5. The standard InChI is InChI=1S/C24H21ClN4O3/c1-32-15-7-4-6-14(12-15)27-24(31)17-13-26-29-22(16-8-2-3-9-18(16)25)21-19(28-23(17)29)10-5-11-20(21)30/h2-4,6-9,12-13,22,28H,5,10-11H2,1H3,(H,27,31)/t22-/m0/s1. The zero-order valence-electron chi connectivity index (χ0n) is 17.4. The normalized spacial score (nSPS) is 17.3. The quantitative estimate of drug-likeness (QED) is 0.597. The van der Waals surface area contributed by atoms with Crippen LogP contribution >= 0.6 is 11.6 Å². The zero-order valence-corrected chi connectivity index (χ0v) is 18.1. The Morgan fingerprint density at radius 3 is 2.88 bits per heavy atom. The van der Waals surface area contributed by atoms with E-state index in [1.807, 2.05) is 18.2 Å². The SMILES string of the molecule is COc1cccc(NC(=O)c2cnn3c2NC2=C(C(=O)CCC2)[C@@H]3c2ccccc2Cl)c1. The Hall–Kier alpha value is -3.58. The lowest BCUT2D eigenvalue weighted by atomic mass is 9.85. The molecule has 1 atom stereocenters. The van der Waals surface area contributed by atoms with Gasteiger partial charge in [-0.15, -0.1) is 0 Å². The number of fused-ring (bicyclic) bond motifs is 1. The van der Waals surface area contributed by atoms with Crippen molar-refractivity contribution in [2.75, 3.05) is 17.7 Å². The fourth-order valence-electron chi connectivity index (χ4n) is 4.31. The van der Waals surface area contributed by atoms with E-state index in [1.165, 1.54) is 6.20 Å². The molecule has 3 aromatic rings. The molecular weight excluding hydrogens is 428 g/mol. The number of Topliss-reactive ketones (excluding diaryl/α,β-unsaturated/α-hetero) is 1. The molecule has 5 rings (SSSR count). The number of allylic oxidation sites excluding steroid dienone is 2. The summed E-state index contributed by atoms with van der Waals surface area (Å²) in [5, 5.41) is 11.3. The molecule has 0 fully saturated rings. The number of carbonyl (C=O) groups is 2. The Kier molecular flexibility index (Phi) is 5.19. The van der Waals surface area contributed by atoms with Crippen molar-refractivity contribution in [3.8, 4) is 5.75 Å². The number of amides is 1. The van der Waals surface area contributed by atoms with E-state index in [2.05, 4.69) is 15.7 Å². The number of anilines is 2. The number of ether oxygens (including phenoxy) is 1. The van der Waals surface area contributed by atoms with Crippen molar-refractivity contribution in [3.63, 3.8) is 0 Å². The van der Waals surface area contributed by atoms with Crippen molar-refractivity contribution < 1.29 is 14.3 Å². The largest absolute Gasteiger partial charge is 0.497 e. The maximum absolute atomic E-state index is 13.1. The highest BCUT2D eigenvalue weighted by Gasteiger charge is 2.38. The molecule has 32 heavy (non-hydrogen) atoms. The number of nitrogens with one attached hydrogen (secondary N) is 2. The van der Waals surface area contributed by atoms with E-state index < -0.39 is 6.04 Å². The van der Waals surface area contributed by atoms with Crippen LogP contribution in [0, 0.1) is 0 Å². The van der Waals surface area contributed by atoms with Crippen LogP contribution in [0.25, 0.3) is 0 Å². The van der Waals surface area contributed by atoms with Crippen molar-refractivity contribution in [2.45, 2.75) is 25.3 Å². The van der Waals surface area contributed by atoms with Crippen LogP contribution in [-0.2, 0) is 4.79 Å². The van der Waals surface area contributed by atoms with Gasteiger partial charge in [0.1, 0.15) is 23.2 Å².